The molecule has 2 aromatic heterocycles. The van der Waals surface area contributed by atoms with Gasteiger partial charge in [0, 0.05) is 105 Å². The van der Waals surface area contributed by atoms with Crippen molar-refractivity contribution in [3.05, 3.63) is 59.8 Å². The highest BCUT2D eigenvalue weighted by Gasteiger charge is 2.61. The molecular weight excluding hydrogens is 735 g/mol. The van der Waals surface area contributed by atoms with Crippen LogP contribution in [0.2, 0.25) is 0 Å². The van der Waals surface area contributed by atoms with Crippen molar-refractivity contribution in [2.45, 2.75) is 106 Å². The van der Waals surface area contributed by atoms with E-state index >= 15 is 0 Å². The zero-order valence-electron chi connectivity index (χ0n) is 33.5. The predicted octanol–water partition coefficient (Wildman–Crippen LogP) is 5.92. The first-order valence-corrected chi connectivity index (χ1v) is 22.0. The summed E-state index contributed by atoms with van der Waals surface area (Å²) >= 11 is 1.87. The fraction of sp³-hybridized carbons (Fsp3) is 0.558. The van der Waals surface area contributed by atoms with Crippen molar-refractivity contribution in [1.82, 2.24) is 34.3 Å². The molecule has 5 heterocycles. The zero-order valence-corrected chi connectivity index (χ0v) is 34.3. The number of nitrogens with zero attached hydrogens (tertiary/aromatic N) is 8. The lowest BCUT2D eigenvalue weighted by Crippen LogP contribution is -2.51. The fourth-order valence-electron chi connectivity index (χ4n) is 9.65. The Morgan fingerprint density at radius 1 is 0.982 bits per heavy atom. The lowest BCUT2D eigenvalue weighted by Gasteiger charge is -2.41. The summed E-state index contributed by atoms with van der Waals surface area (Å²) in [4.78, 5) is 42.4. The lowest BCUT2D eigenvalue weighted by molar-refractivity contribution is -0.120. The number of piperazine rings is 1. The van der Waals surface area contributed by atoms with Gasteiger partial charge in [-0.1, -0.05) is 31.4 Å². The summed E-state index contributed by atoms with van der Waals surface area (Å²) in [5, 5.41) is 15.6. The van der Waals surface area contributed by atoms with E-state index < -0.39 is 0 Å². The molecule has 0 bridgehead atoms. The van der Waals surface area contributed by atoms with Gasteiger partial charge in [-0.15, -0.1) is 0 Å². The third-order valence-corrected chi connectivity index (χ3v) is 14.0. The molecule has 14 heteroatoms. The second-order valence-electron chi connectivity index (χ2n) is 16.9. The van der Waals surface area contributed by atoms with Gasteiger partial charge in [0.15, 0.2) is 5.82 Å². The second kappa shape index (κ2) is 16.5. The largest absolute Gasteiger partial charge is 0.368 e. The van der Waals surface area contributed by atoms with Crippen LogP contribution in [-0.2, 0) is 28.6 Å². The molecule has 4 aromatic rings. The minimum Gasteiger partial charge on any atom is -0.368 e. The van der Waals surface area contributed by atoms with Crippen LogP contribution >= 0.6 is 11.9 Å². The molecule has 5 aliphatic rings. The number of anilines is 4. The molecule has 13 nitrogen and oxygen atoms in total. The summed E-state index contributed by atoms with van der Waals surface area (Å²) in [6.45, 7) is 9.67. The van der Waals surface area contributed by atoms with E-state index in [1.807, 2.05) is 29.9 Å². The molecule has 1 spiro atoms. The van der Waals surface area contributed by atoms with Crippen LogP contribution in [0, 0.1) is 0 Å². The first-order valence-electron chi connectivity index (χ1n) is 21.2. The SMILES string of the molecule is CC1CN(Cc2cccc(SN3CCC(Nc4ncc5c(n4)N(C4CCCCC4)C(=O)C54CC4)CC3)c2)CCN1c1ccc2c(NCCCNC=O)nn(C)c2c1. The van der Waals surface area contributed by atoms with Crippen molar-refractivity contribution in [3.63, 3.8) is 0 Å². The van der Waals surface area contributed by atoms with Crippen LogP contribution in [0.3, 0.4) is 0 Å². The number of rotatable bonds is 14. The van der Waals surface area contributed by atoms with Crippen molar-refractivity contribution < 1.29 is 9.59 Å². The van der Waals surface area contributed by atoms with E-state index in [2.05, 4.69) is 84.3 Å². The van der Waals surface area contributed by atoms with E-state index in [4.69, 9.17) is 15.1 Å². The lowest BCUT2D eigenvalue weighted by atomic mass is 9.94. The molecule has 2 saturated heterocycles. The van der Waals surface area contributed by atoms with Crippen LogP contribution in [0.25, 0.3) is 10.9 Å². The molecule has 1 unspecified atom stereocenters. The number of piperidine rings is 1. The van der Waals surface area contributed by atoms with Crippen molar-refractivity contribution in [3.8, 4) is 0 Å². The van der Waals surface area contributed by atoms with E-state index in [0.717, 1.165) is 125 Å². The van der Waals surface area contributed by atoms with E-state index in [1.54, 1.807) is 0 Å². The van der Waals surface area contributed by atoms with Gasteiger partial charge in [0.2, 0.25) is 18.3 Å². The Bertz CT molecular complexity index is 2070. The third kappa shape index (κ3) is 7.92. The summed E-state index contributed by atoms with van der Waals surface area (Å²) < 4.78 is 4.45. The van der Waals surface area contributed by atoms with Crippen molar-refractivity contribution >= 4 is 58.4 Å². The van der Waals surface area contributed by atoms with Gasteiger partial charge < -0.3 is 20.9 Å². The average molecular weight is 792 g/mol. The molecule has 0 radical (unpaired) electrons. The first-order chi connectivity index (χ1) is 27.9. The summed E-state index contributed by atoms with van der Waals surface area (Å²) in [6.07, 6.45) is 13.3. The summed E-state index contributed by atoms with van der Waals surface area (Å²) in [6, 6.07) is 16.8. The van der Waals surface area contributed by atoms with E-state index in [0.29, 0.717) is 24.6 Å². The minimum absolute atomic E-state index is 0.278. The molecule has 2 saturated carbocycles. The molecule has 2 aromatic carbocycles. The van der Waals surface area contributed by atoms with Gasteiger partial charge in [0.1, 0.15) is 5.82 Å². The van der Waals surface area contributed by atoms with Gasteiger partial charge in [0.25, 0.3) is 0 Å². The molecule has 2 aliphatic carbocycles. The third-order valence-electron chi connectivity index (χ3n) is 12.9. The number of aryl methyl sites for hydroxylation is 1. The van der Waals surface area contributed by atoms with Crippen LogP contribution in [0.4, 0.5) is 23.3 Å². The number of nitrogens with one attached hydrogen (secondary N) is 3. The normalized spacial score (nSPS) is 21.6. The van der Waals surface area contributed by atoms with Gasteiger partial charge in [0.05, 0.1) is 10.9 Å². The predicted molar refractivity (Wildman–Crippen MR) is 228 cm³/mol. The van der Waals surface area contributed by atoms with Gasteiger partial charge in [-0.2, -0.15) is 10.1 Å². The van der Waals surface area contributed by atoms with E-state index in [-0.39, 0.29) is 17.4 Å². The number of carbonyl (C=O) groups excluding carboxylic acids is 2. The number of benzene rings is 2. The van der Waals surface area contributed by atoms with Crippen molar-refractivity contribution in [2.75, 3.05) is 66.2 Å². The first kappa shape index (κ1) is 38.1. The Balaban J connectivity index is 0.756. The smallest absolute Gasteiger partial charge is 0.239 e. The molecule has 302 valence electrons. The van der Waals surface area contributed by atoms with E-state index in [1.165, 1.54) is 35.4 Å². The Morgan fingerprint density at radius 2 is 1.82 bits per heavy atom. The summed E-state index contributed by atoms with van der Waals surface area (Å²) in [5.74, 6) is 2.72. The molecular formula is C43H57N11O2S. The molecule has 2 amide bonds. The molecule has 3 aliphatic heterocycles. The fourth-order valence-corrected chi connectivity index (χ4v) is 10.7. The van der Waals surface area contributed by atoms with Gasteiger partial charge in [-0.25, -0.2) is 9.29 Å². The minimum atomic E-state index is -0.335. The number of aromatic nitrogens is 4. The Labute approximate surface area is 340 Å². The maximum absolute atomic E-state index is 13.6. The quantitative estimate of drug-likeness (QED) is 0.0802. The highest BCUT2D eigenvalue weighted by atomic mass is 32.2. The number of hydrogen-bond donors (Lipinski definition) is 3. The Hall–Kier alpha value is -4.40. The topological polar surface area (TPSA) is 127 Å². The molecule has 1 atom stereocenters. The highest BCUT2D eigenvalue weighted by molar-refractivity contribution is 7.97. The monoisotopic (exact) mass is 791 g/mol. The highest BCUT2D eigenvalue weighted by Crippen LogP contribution is 2.57. The standard InChI is InChI=1S/C43H57N11O2S/c1-30-27-51(22-23-53(30)34-12-13-36-38(25-34)50(2)49-39(36)45-19-7-18-44-29-55)28-31-8-6-11-35(24-31)57-52-20-14-32(15-21-52)47-42-46-26-37-40(48-42)54(33-9-4-3-5-10-33)41(56)43(37)16-17-43/h6,8,11-13,24-26,29-30,32-33H,3-5,7,9-10,14-23,27-28H2,1-2H3,(H,44,55)(H,45,49)(H,46,47,48). The maximum Gasteiger partial charge on any atom is 0.239 e. The van der Waals surface area contributed by atoms with Crippen LogP contribution in [-0.4, -0.2) is 105 Å². The van der Waals surface area contributed by atoms with Crippen LogP contribution in [0.15, 0.2) is 53.6 Å². The van der Waals surface area contributed by atoms with Crippen molar-refractivity contribution in [1.29, 1.82) is 0 Å². The number of amides is 2. The summed E-state index contributed by atoms with van der Waals surface area (Å²) in [5.41, 5.74) is 4.44. The van der Waals surface area contributed by atoms with Crippen LogP contribution in [0.1, 0.15) is 82.3 Å². The molecule has 9 rings (SSSR count). The van der Waals surface area contributed by atoms with E-state index in [9.17, 15) is 9.59 Å². The molecule has 4 fully saturated rings. The zero-order chi connectivity index (χ0) is 38.9. The molecule has 57 heavy (non-hydrogen) atoms. The van der Waals surface area contributed by atoms with Crippen LogP contribution < -0.4 is 25.8 Å². The maximum atomic E-state index is 13.6. The van der Waals surface area contributed by atoms with Gasteiger partial charge >= 0.3 is 0 Å². The number of fused-ring (bicyclic) bond motifs is 3. The Kier molecular flexibility index (Phi) is 11.0. The van der Waals surface area contributed by atoms with Gasteiger partial charge in [-0.05, 0) is 99.7 Å². The summed E-state index contributed by atoms with van der Waals surface area (Å²) in [7, 11) is 2.00. The second-order valence-corrected chi connectivity index (χ2v) is 18.0. The number of carbonyl (C=O) groups is 2. The van der Waals surface area contributed by atoms with Crippen molar-refractivity contribution in [2.24, 2.45) is 7.05 Å². The average Bonchev–Trinajstić information content (AvgIpc) is 3.92. The Morgan fingerprint density at radius 3 is 2.61 bits per heavy atom. The van der Waals surface area contributed by atoms with Crippen LogP contribution in [0.5, 0.6) is 0 Å². The number of hydrogen-bond acceptors (Lipinski definition) is 11. The molecule has 3 N–H and O–H groups in total. The van der Waals surface area contributed by atoms with Gasteiger partial charge in [-0.3, -0.25) is 24.1 Å².